The van der Waals surface area contributed by atoms with Gasteiger partial charge in [0.25, 0.3) is 0 Å². The number of aliphatic hydroxyl groups is 2. The second-order valence-electron chi connectivity index (χ2n) is 5.98. The standard InChI is InChI=1S/C13H26O3/c1-10(2)12(3)7-5-6-11(8-12)16-13(4,15)9-14/h10-11,14-15H,5-9H2,1-4H3. The molecule has 1 saturated carbocycles. The second kappa shape index (κ2) is 5.03. The highest BCUT2D eigenvalue weighted by Crippen LogP contribution is 2.43. The van der Waals surface area contributed by atoms with E-state index in [4.69, 9.17) is 9.84 Å². The van der Waals surface area contributed by atoms with Gasteiger partial charge in [-0.2, -0.15) is 0 Å². The number of hydrogen-bond donors (Lipinski definition) is 2. The summed E-state index contributed by atoms with van der Waals surface area (Å²) in [6.07, 6.45) is 4.40. The number of hydrogen-bond acceptors (Lipinski definition) is 3. The van der Waals surface area contributed by atoms with Crippen LogP contribution < -0.4 is 0 Å². The Bertz CT molecular complexity index is 225. The molecular weight excluding hydrogens is 204 g/mol. The summed E-state index contributed by atoms with van der Waals surface area (Å²) in [5.41, 5.74) is 0.300. The highest BCUT2D eigenvalue weighted by atomic mass is 16.6. The van der Waals surface area contributed by atoms with E-state index < -0.39 is 5.79 Å². The van der Waals surface area contributed by atoms with E-state index >= 15 is 0 Å². The van der Waals surface area contributed by atoms with Crippen molar-refractivity contribution in [2.45, 2.75) is 65.3 Å². The van der Waals surface area contributed by atoms with E-state index in [1.165, 1.54) is 13.3 Å². The van der Waals surface area contributed by atoms with Crippen LogP contribution in [0.5, 0.6) is 0 Å². The summed E-state index contributed by atoms with van der Waals surface area (Å²) < 4.78 is 5.58. The molecule has 16 heavy (non-hydrogen) atoms. The maximum absolute atomic E-state index is 9.71. The van der Waals surface area contributed by atoms with Crippen molar-refractivity contribution < 1.29 is 14.9 Å². The van der Waals surface area contributed by atoms with Crippen LogP contribution in [0.3, 0.4) is 0 Å². The third kappa shape index (κ3) is 3.44. The topological polar surface area (TPSA) is 49.7 Å². The first kappa shape index (κ1) is 13.9. The zero-order valence-electron chi connectivity index (χ0n) is 11.0. The monoisotopic (exact) mass is 230 g/mol. The highest BCUT2D eigenvalue weighted by molar-refractivity contribution is 4.86. The Morgan fingerprint density at radius 3 is 2.62 bits per heavy atom. The minimum atomic E-state index is -1.39. The van der Waals surface area contributed by atoms with Crippen LogP contribution in [0.4, 0.5) is 0 Å². The van der Waals surface area contributed by atoms with Crippen molar-refractivity contribution in [2.24, 2.45) is 11.3 Å². The Kier molecular flexibility index (Phi) is 4.38. The van der Waals surface area contributed by atoms with E-state index in [-0.39, 0.29) is 12.7 Å². The van der Waals surface area contributed by atoms with Gasteiger partial charge in [-0.1, -0.05) is 27.2 Å². The molecule has 0 aromatic rings. The second-order valence-corrected chi connectivity index (χ2v) is 5.98. The lowest BCUT2D eigenvalue weighted by Crippen LogP contribution is -2.42. The molecule has 0 radical (unpaired) electrons. The minimum absolute atomic E-state index is 0.0725. The van der Waals surface area contributed by atoms with Crippen molar-refractivity contribution in [2.75, 3.05) is 6.61 Å². The zero-order valence-corrected chi connectivity index (χ0v) is 11.0. The Balaban J connectivity index is 2.57. The molecule has 3 atom stereocenters. The fourth-order valence-corrected chi connectivity index (χ4v) is 2.48. The van der Waals surface area contributed by atoms with Crippen LogP contribution >= 0.6 is 0 Å². The van der Waals surface area contributed by atoms with Crippen molar-refractivity contribution >= 4 is 0 Å². The molecule has 0 amide bonds. The van der Waals surface area contributed by atoms with Gasteiger partial charge in [0.15, 0.2) is 5.79 Å². The summed E-state index contributed by atoms with van der Waals surface area (Å²) in [6.45, 7) is 7.95. The first-order chi connectivity index (χ1) is 7.29. The number of aliphatic hydroxyl groups excluding tert-OH is 1. The fourth-order valence-electron chi connectivity index (χ4n) is 2.48. The Labute approximate surface area is 98.8 Å². The van der Waals surface area contributed by atoms with Gasteiger partial charge in [-0.05, 0) is 37.5 Å². The minimum Gasteiger partial charge on any atom is -0.391 e. The molecule has 1 rings (SSSR count). The fraction of sp³-hybridized carbons (Fsp3) is 1.00. The van der Waals surface area contributed by atoms with Crippen molar-refractivity contribution in [1.82, 2.24) is 0 Å². The van der Waals surface area contributed by atoms with Crippen LogP contribution in [0, 0.1) is 11.3 Å². The van der Waals surface area contributed by atoms with E-state index in [1.807, 2.05) is 0 Å². The van der Waals surface area contributed by atoms with Crippen LogP contribution in [-0.2, 0) is 4.74 Å². The molecule has 2 N–H and O–H groups in total. The molecule has 0 heterocycles. The lowest BCUT2D eigenvalue weighted by molar-refractivity contribution is -0.247. The predicted octanol–water partition coefficient (Wildman–Crippen LogP) is 2.31. The lowest BCUT2D eigenvalue weighted by Gasteiger charge is -2.42. The van der Waals surface area contributed by atoms with Gasteiger partial charge in [-0.15, -0.1) is 0 Å². The van der Waals surface area contributed by atoms with Gasteiger partial charge < -0.3 is 14.9 Å². The van der Waals surface area contributed by atoms with Gasteiger partial charge in [-0.25, -0.2) is 0 Å². The van der Waals surface area contributed by atoms with Gasteiger partial charge in [-0.3, -0.25) is 0 Å². The molecule has 3 unspecified atom stereocenters. The molecule has 0 aromatic carbocycles. The number of ether oxygens (including phenoxy) is 1. The smallest absolute Gasteiger partial charge is 0.186 e. The van der Waals surface area contributed by atoms with Crippen LogP contribution in [0.2, 0.25) is 0 Å². The van der Waals surface area contributed by atoms with E-state index in [9.17, 15) is 5.11 Å². The SMILES string of the molecule is CC(C)C1(C)CCCC(OC(C)(O)CO)C1. The normalized spacial score (nSPS) is 35.1. The van der Waals surface area contributed by atoms with Gasteiger partial charge >= 0.3 is 0 Å². The molecule has 1 aliphatic carbocycles. The van der Waals surface area contributed by atoms with Crippen molar-refractivity contribution in [3.8, 4) is 0 Å². The quantitative estimate of drug-likeness (QED) is 0.729. The Morgan fingerprint density at radius 2 is 2.12 bits per heavy atom. The molecule has 0 spiro atoms. The molecule has 1 aliphatic rings. The van der Waals surface area contributed by atoms with Crippen LogP contribution in [0.1, 0.15) is 53.4 Å². The van der Waals surface area contributed by atoms with Crippen LogP contribution in [0.25, 0.3) is 0 Å². The number of rotatable bonds is 4. The largest absolute Gasteiger partial charge is 0.391 e. The Hall–Kier alpha value is -0.120. The predicted molar refractivity (Wildman–Crippen MR) is 64.0 cm³/mol. The highest BCUT2D eigenvalue weighted by Gasteiger charge is 2.37. The zero-order chi connectivity index (χ0) is 12.4. The van der Waals surface area contributed by atoms with Crippen LogP contribution in [-0.4, -0.2) is 28.7 Å². The van der Waals surface area contributed by atoms with Crippen molar-refractivity contribution in [3.05, 3.63) is 0 Å². The van der Waals surface area contributed by atoms with Gasteiger partial charge in [0, 0.05) is 0 Å². The average molecular weight is 230 g/mol. The van der Waals surface area contributed by atoms with E-state index in [1.54, 1.807) is 0 Å². The summed E-state index contributed by atoms with van der Waals surface area (Å²) in [6, 6.07) is 0. The molecular formula is C13H26O3. The summed E-state index contributed by atoms with van der Waals surface area (Å²) in [5, 5.41) is 18.7. The van der Waals surface area contributed by atoms with Gasteiger partial charge in [0.2, 0.25) is 0 Å². The summed E-state index contributed by atoms with van der Waals surface area (Å²) in [5.74, 6) is -0.766. The summed E-state index contributed by atoms with van der Waals surface area (Å²) in [7, 11) is 0. The average Bonchev–Trinajstić information content (AvgIpc) is 2.17. The van der Waals surface area contributed by atoms with Crippen molar-refractivity contribution in [3.63, 3.8) is 0 Å². The molecule has 3 heteroatoms. The van der Waals surface area contributed by atoms with E-state index in [0.717, 1.165) is 19.3 Å². The third-order valence-corrected chi connectivity index (χ3v) is 4.08. The summed E-state index contributed by atoms with van der Waals surface area (Å²) in [4.78, 5) is 0. The van der Waals surface area contributed by atoms with Crippen LogP contribution in [0.15, 0.2) is 0 Å². The third-order valence-electron chi connectivity index (χ3n) is 4.08. The first-order valence-electron chi connectivity index (χ1n) is 6.30. The van der Waals surface area contributed by atoms with E-state index in [2.05, 4.69) is 20.8 Å². The molecule has 3 nitrogen and oxygen atoms in total. The Morgan fingerprint density at radius 1 is 1.50 bits per heavy atom. The molecule has 1 fully saturated rings. The molecule has 0 aromatic heterocycles. The molecule has 0 aliphatic heterocycles. The maximum atomic E-state index is 9.71. The van der Waals surface area contributed by atoms with Gasteiger partial charge in [0.05, 0.1) is 12.7 Å². The van der Waals surface area contributed by atoms with E-state index in [0.29, 0.717) is 11.3 Å². The van der Waals surface area contributed by atoms with Crippen molar-refractivity contribution in [1.29, 1.82) is 0 Å². The maximum Gasteiger partial charge on any atom is 0.186 e. The molecule has 0 bridgehead atoms. The molecule has 96 valence electrons. The molecule has 0 saturated heterocycles. The summed E-state index contributed by atoms with van der Waals surface area (Å²) >= 11 is 0. The van der Waals surface area contributed by atoms with Gasteiger partial charge in [0.1, 0.15) is 0 Å². The lowest BCUT2D eigenvalue weighted by atomic mass is 9.67. The first-order valence-corrected chi connectivity index (χ1v) is 6.30.